The smallest absolute Gasteiger partial charge is 0.224 e. The van der Waals surface area contributed by atoms with Crippen LogP contribution in [0.2, 0.25) is 0 Å². The quantitative estimate of drug-likeness (QED) is 0.912. The fourth-order valence-corrected chi connectivity index (χ4v) is 2.71. The number of nitrogens with zero attached hydrogens (tertiary/aromatic N) is 4. The van der Waals surface area contributed by atoms with Crippen molar-refractivity contribution in [1.82, 2.24) is 19.4 Å². The largest absolute Gasteiger partial charge is 0.383 e. The van der Waals surface area contributed by atoms with Crippen molar-refractivity contribution in [3.8, 4) is 0 Å². The van der Waals surface area contributed by atoms with Gasteiger partial charge >= 0.3 is 0 Å². The van der Waals surface area contributed by atoms with E-state index in [2.05, 4.69) is 14.5 Å². The summed E-state index contributed by atoms with van der Waals surface area (Å²) in [6.45, 7) is 10.1. The minimum absolute atomic E-state index is 0.168. The number of aryl methyl sites for hydroxylation is 2. The fourth-order valence-electron chi connectivity index (χ4n) is 2.71. The van der Waals surface area contributed by atoms with Crippen molar-refractivity contribution in [1.29, 1.82) is 0 Å². The summed E-state index contributed by atoms with van der Waals surface area (Å²) in [4.78, 5) is 22.4. The molecular formula is C15H23N5O. The maximum atomic E-state index is 12.2. The molecule has 0 aromatic carbocycles. The number of hydrogen-bond acceptors (Lipinski definition) is 4. The first-order chi connectivity index (χ1) is 10.0. The number of carbonyl (C=O) groups excluding carboxylic acids is 1. The molecule has 0 radical (unpaired) electrons. The second-order valence-electron chi connectivity index (χ2n) is 5.14. The molecule has 0 aliphatic rings. The highest BCUT2D eigenvalue weighted by Crippen LogP contribution is 2.27. The molecule has 21 heavy (non-hydrogen) atoms. The Labute approximate surface area is 125 Å². The lowest BCUT2D eigenvalue weighted by Gasteiger charge is -2.19. The van der Waals surface area contributed by atoms with Crippen molar-refractivity contribution < 1.29 is 4.79 Å². The summed E-state index contributed by atoms with van der Waals surface area (Å²) in [5.41, 5.74) is 8.93. The van der Waals surface area contributed by atoms with E-state index < -0.39 is 0 Å². The summed E-state index contributed by atoms with van der Waals surface area (Å²) in [7, 11) is 0. The molecular weight excluding hydrogens is 266 g/mol. The zero-order chi connectivity index (χ0) is 15.6. The first kappa shape index (κ1) is 15.3. The number of aromatic nitrogens is 3. The standard InChI is InChI=1S/C15H23N5O/c1-5-19(6-2)12(21)7-8-20-11(4)10(3)13-14(16)17-9-18-15(13)20/h9H,5-8H2,1-4H3,(H2,16,17,18). The average molecular weight is 289 g/mol. The molecule has 2 N–H and O–H groups in total. The number of anilines is 1. The highest BCUT2D eigenvalue weighted by atomic mass is 16.2. The fraction of sp³-hybridized carbons (Fsp3) is 0.533. The van der Waals surface area contributed by atoms with Crippen molar-refractivity contribution in [3.63, 3.8) is 0 Å². The minimum atomic E-state index is 0.168. The molecule has 0 aliphatic heterocycles. The van der Waals surface area contributed by atoms with Crippen molar-refractivity contribution >= 4 is 22.8 Å². The molecule has 0 bridgehead atoms. The summed E-state index contributed by atoms with van der Waals surface area (Å²) in [6.07, 6.45) is 1.94. The minimum Gasteiger partial charge on any atom is -0.383 e. The van der Waals surface area contributed by atoms with Crippen LogP contribution in [0.15, 0.2) is 6.33 Å². The van der Waals surface area contributed by atoms with Crippen LogP contribution in [0.4, 0.5) is 5.82 Å². The first-order valence-electron chi connectivity index (χ1n) is 7.34. The number of fused-ring (bicyclic) bond motifs is 1. The normalized spacial score (nSPS) is 11.0. The summed E-state index contributed by atoms with van der Waals surface area (Å²) < 4.78 is 2.06. The Morgan fingerprint density at radius 3 is 2.57 bits per heavy atom. The number of hydrogen-bond donors (Lipinski definition) is 1. The van der Waals surface area contributed by atoms with E-state index in [0.29, 0.717) is 18.8 Å². The van der Waals surface area contributed by atoms with Gasteiger partial charge in [-0.3, -0.25) is 4.79 Å². The molecule has 1 amide bonds. The highest BCUT2D eigenvalue weighted by Gasteiger charge is 2.16. The van der Waals surface area contributed by atoms with Crippen LogP contribution in [0.3, 0.4) is 0 Å². The molecule has 0 aliphatic carbocycles. The molecule has 2 aromatic rings. The lowest BCUT2D eigenvalue weighted by molar-refractivity contribution is -0.131. The van der Waals surface area contributed by atoms with Gasteiger partial charge in [0.15, 0.2) is 0 Å². The van der Waals surface area contributed by atoms with Crippen LogP contribution in [0.25, 0.3) is 11.0 Å². The number of nitrogens with two attached hydrogens (primary N) is 1. The number of rotatable bonds is 5. The second kappa shape index (κ2) is 6.11. The molecule has 0 fully saturated rings. The van der Waals surface area contributed by atoms with Gasteiger partial charge in [-0.1, -0.05) is 0 Å². The Kier molecular flexibility index (Phi) is 4.45. The van der Waals surface area contributed by atoms with Crippen LogP contribution >= 0.6 is 0 Å². The van der Waals surface area contributed by atoms with Crippen molar-refractivity contribution in [2.24, 2.45) is 0 Å². The van der Waals surface area contributed by atoms with Crippen LogP contribution in [-0.4, -0.2) is 38.4 Å². The van der Waals surface area contributed by atoms with E-state index in [9.17, 15) is 4.79 Å². The molecule has 2 aromatic heterocycles. The Hall–Kier alpha value is -2.11. The van der Waals surface area contributed by atoms with Gasteiger partial charge in [0.2, 0.25) is 5.91 Å². The third kappa shape index (κ3) is 2.70. The molecule has 0 saturated carbocycles. The van der Waals surface area contributed by atoms with Gasteiger partial charge < -0.3 is 15.2 Å². The molecule has 2 heterocycles. The number of carbonyl (C=O) groups is 1. The van der Waals surface area contributed by atoms with Crippen LogP contribution in [0, 0.1) is 13.8 Å². The van der Waals surface area contributed by atoms with E-state index in [-0.39, 0.29) is 5.91 Å². The third-order valence-corrected chi connectivity index (χ3v) is 4.10. The van der Waals surface area contributed by atoms with E-state index in [4.69, 9.17) is 5.73 Å². The van der Waals surface area contributed by atoms with Gasteiger partial charge in [0.05, 0.1) is 5.39 Å². The zero-order valence-corrected chi connectivity index (χ0v) is 13.2. The molecule has 0 saturated heterocycles. The second-order valence-corrected chi connectivity index (χ2v) is 5.14. The van der Waals surface area contributed by atoms with E-state index >= 15 is 0 Å². The van der Waals surface area contributed by atoms with Gasteiger partial charge in [0, 0.05) is 31.7 Å². The Morgan fingerprint density at radius 1 is 1.29 bits per heavy atom. The molecule has 0 unspecified atom stereocenters. The SMILES string of the molecule is CCN(CC)C(=O)CCn1c(C)c(C)c2c(N)ncnc21. The summed E-state index contributed by atoms with van der Waals surface area (Å²) in [5.74, 6) is 0.662. The van der Waals surface area contributed by atoms with Gasteiger partial charge in [-0.25, -0.2) is 9.97 Å². The first-order valence-corrected chi connectivity index (χ1v) is 7.34. The van der Waals surface area contributed by atoms with Gasteiger partial charge in [-0.15, -0.1) is 0 Å². The van der Waals surface area contributed by atoms with E-state index in [1.54, 1.807) is 0 Å². The lowest BCUT2D eigenvalue weighted by atomic mass is 10.2. The number of nitrogen functional groups attached to an aromatic ring is 1. The van der Waals surface area contributed by atoms with E-state index in [1.165, 1.54) is 6.33 Å². The van der Waals surface area contributed by atoms with E-state index in [1.807, 2.05) is 32.6 Å². The molecule has 6 heteroatoms. The monoisotopic (exact) mass is 289 g/mol. The molecule has 2 rings (SSSR count). The van der Waals surface area contributed by atoms with Crippen LogP contribution in [-0.2, 0) is 11.3 Å². The Bertz CT molecular complexity index is 658. The predicted octanol–water partition coefficient (Wildman–Crippen LogP) is 1.89. The summed E-state index contributed by atoms with van der Waals surface area (Å²) in [6, 6.07) is 0. The van der Waals surface area contributed by atoms with Crippen LogP contribution < -0.4 is 5.73 Å². The Balaban J connectivity index is 2.29. The van der Waals surface area contributed by atoms with Gasteiger partial charge in [-0.2, -0.15) is 0 Å². The van der Waals surface area contributed by atoms with Gasteiger partial charge in [0.25, 0.3) is 0 Å². The maximum Gasteiger partial charge on any atom is 0.224 e. The molecule has 6 nitrogen and oxygen atoms in total. The van der Waals surface area contributed by atoms with Gasteiger partial charge in [-0.05, 0) is 33.3 Å². The third-order valence-electron chi connectivity index (χ3n) is 4.10. The van der Waals surface area contributed by atoms with Gasteiger partial charge in [0.1, 0.15) is 17.8 Å². The summed E-state index contributed by atoms with van der Waals surface area (Å²) in [5, 5.41) is 0.894. The van der Waals surface area contributed by atoms with Crippen molar-refractivity contribution in [3.05, 3.63) is 17.6 Å². The molecule has 0 spiro atoms. The lowest BCUT2D eigenvalue weighted by Crippen LogP contribution is -2.31. The number of amides is 1. The molecule has 0 atom stereocenters. The van der Waals surface area contributed by atoms with Crippen LogP contribution in [0.1, 0.15) is 31.5 Å². The van der Waals surface area contributed by atoms with Crippen molar-refractivity contribution in [2.75, 3.05) is 18.8 Å². The average Bonchev–Trinajstić information content (AvgIpc) is 2.71. The Morgan fingerprint density at radius 2 is 1.95 bits per heavy atom. The molecule has 114 valence electrons. The van der Waals surface area contributed by atoms with Crippen molar-refractivity contribution in [2.45, 2.75) is 40.7 Å². The topological polar surface area (TPSA) is 77.0 Å². The van der Waals surface area contributed by atoms with E-state index in [0.717, 1.165) is 35.4 Å². The van der Waals surface area contributed by atoms with Crippen LogP contribution in [0.5, 0.6) is 0 Å². The zero-order valence-electron chi connectivity index (χ0n) is 13.2. The highest BCUT2D eigenvalue weighted by molar-refractivity contribution is 5.90. The summed E-state index contributed by atoms with van der Waals surface area (Å²) >= 11 is 0. The predicted molar refractivity (Wildman–Crippen MR) is 84.0 cm³/mol. The maximum absolute atomic E-state index is 12.2.